The molecule has 1 aromatic carbocycles. The van der Waals surface area contributed by atoms with Crippen LogP contribution in [0.2, 0.25) is 0 Å². The Morgan fingerprint density at radius 3 is 2.58 bits per heavy atom. The van der Waals surface area contributed by atoms with Gasteiger partial charge in [0.15, 0.2) is 0 Å². The van der Waals surface area contributed by atoms with Gasteiger partial charge in [-0.15, -0.1) is 0 Å². The summed E-state index contributed by atoms with van der Waals surface area (Å²) in [5, 5.41) is 9.00. The summed E-state index contributed by atoms with van der Waals surface area (Å²) in [6.07, 6.45) is 0.724. The number of nitrogens with zero attached hydrogens (tertiary/aromatic N) is 1. The molecule has 1 unspecified atom stereocenters. The van der Waals surface area contributed by atoms with Crippen molar-refractivity contribution < 1.29 is 14.7 Å². The number of carbonyl (C=O) groups is 2. The number of aryl methyl sites for hydroxylation is 1. The van der Waals surface area contributed by atoms with Gasteiger partial charge in [-0.3, -0.25) is 4.79 Å². The van der Waals surface area contributed by atoms with Crippen molar-refractivity contribution in [1.82, 2.24) is 0 Å². The number of primary amides is 1. The fourth-order valence-electron chi connectivity index (χ4n) is 2.47. The number of nitrogens with two attached hydrogens (primary N) is 1. The van der Waals surface area contributed by atoms with Gasteiger partial charge in [0, 0.05) is 18.8 Å². The van der Waals surface area contributed by atoms with Crippen LogP contribution in [0, 0.1) is 12.3 Å². The van der Waals surface area contributed by atoms with Crippen LogP contribution in [0.15, 0.2) is 18.2 Å². The summed E-state index contributed by atoms with van der Waals surface area (Å²) in [5.74, 6) is -1.21. The highest BCUT2D eigenvalue weighted by molar-refractivity contribution is 5.90. The predicted molar refractivity (Wildman–Crippen MR) is 72.3 cm³/mol. The number of anilines is 1. The average molecular weight is 262 g/mol. The highest BCUT2D eigenvalue weighted by Gasteiger charge is 2.38. The quantitative estimate of drug-likeness (QED) is 0.862. The second-order valence-electron chi connectivity index (χ2n) is 5.40. The Balaban J connectivity index is 2.23. The van der Waals surface area contributed by atoms with Gasteiger partial charge in [-0.05, 0) is 44.0 Å². The van der Waals surface area contributed by atoms with E-state index in [1.807, 2.05) is 13.0 Å². The van der Waals surface area contributed by atoms with E-state index in [4.69, 9.17) is 10.8 Å². The van der Waals surface area contributed by atoms with Crippen molar-refractivity contribution >= 4 is 17.6 Å². The molecule has 0 saturated carbocycles. The molecule has 0 aromatic heterocycles. The molecule has 1 saturated heterocycles. The molecule has 0 aliphatic carbocycles. The molecule has 0 radical (unpaired) electrons. The summed E-state index contributed by atoms with van der Waals surface area (Å²) in [7, 11) is 0. The number of carboxylic acid groups (broad SMARTS) is 1. The summed E-state index contributed by atoms with van der Waals surface area (Å²) in [6.45, 7) is 4.98. The summed E-state index contributed by atoms with van der Waals surface area (Å²) in [5.41, 5.74) is 6.89. The molecule has 102 valence electrons. The molecule has 1 aliphatic rings. The second kappa shape index (κ2) is 4.57. The summed E-state index contributed by atoms with van der Waals surface area (Å²) < 4.78 is 0. The molecule has 1 aromatic rings. The van der Waals surface area contributed by atoms with Gasteiger partial charge >= 0.3 is 5.97 Å². The summed E-state index contributed by atoms with van der Waals surface area (Å²) >= 11 is 0. The van der Waals surface area contributed by atoms with Crippen LogP contribution >= 0.6 is 0 Å². The van der Waals surface area contributed by atoms with Gasteiger partial charge < -0.3 is 15.7 Å². The fraction of sp³-hybridized carbons (Fsp3) is 0.429. The number of carboxylic acids is 1. The molecular weight excluding hydrogens is 244 g/mol. The van der Waals surface area contributed by atoms with Gasteiger partial charge in [-0.1, -0.05) is 0 Å². The average Bonchev–Trinajstić information content (AvgIpc) is 2.73. The second-order valence-corrected chi connectivity index (χ2v) is 5.40. The molecule has 1 heterocycles. The van der Waals surface area contributed by atoms with Crippen LogP contribution in [0.25, 0.3) is 0 Å². The highest BCUT2D eigenvalue weighted by atomic mass is 16.4. The topological polar surface area (TPSA) is 83.6 Å². The van der Waals surface area contributed by atoms with Gasteiger partial charge in [0.25, 0.3) is 0 Å². The number of hydrogen-bond acceptors (Lipinski definition) is 3. The van der Waals surface area contributed by atoms with E-state index in [-0.39, 0.29) is 5.91 Å². The standard InChI is InChI=1S/C14H18N2O3/c1-9-7-10(3-4-11(9)12(17)18)16-6-5-14(2,8-16)13(15)19/h3-4,7H,5-6,8H2,1-2H3,(H2,15,19)(H,17,18). The molecule has 0 spiro atoms. The minimum absolute atomic E-state index is 0.283. The van der Waals surface area contributed by atoms with E-state index in [1.54, 1.807) is 19.1 Å². The molecule has 1 aliphatic heterocycles. The third-order valence-electron chi connectivity index (χ3n) is 3.87. The maximum atomic E-state index is 11.4. The maximum Gasteiger partial charge on any atom is 0.335 e. The SMILES string of the molecule is Cc1cc(N2CCC(C)(C(N)=O)C2)ccc1C(=O)O. The van der Waals surface area contributed by atoms with Crippen LogP contribution < -0.4 is 10.6 Å². The zero-order chi connectivity index (χ0) is 14.2. The highest BCUT2D eigenvalue weighted by Crippen LogP contribution is 2.33. The Hall–Kier alpha value is -2.04. The Morgan fingerprint density at radius 1 is 1.42 bits per heavy atom. The van der Waals surface area contributed by atoms with Gasteiger partial charge in [0.1, 0.15) is 0 Å². The minimum Gasteiger partial charge on any atom is -0.478 e. The number of amides is 1. The molecule has 5 heteroatoms. The molecule has 1 amide bonds. The lowest BCUT2D eigenvalue weighted by molar-refractivity contribution is -0.125. The Morgan fingerprint density at radius 2 is 2.11 bits per heavy atom. The molecule has 3 N–H and O–H groups in total. The van der Waals surface area contributed by atoms with Gasteiger partial charge in [-0.25, -0.2) is 4.79 Å². The van der Waals surface area contributed by atoms with Crippen LogP contribution in [0.5, 0.6) is 0 Å². The smallest absolute Gasteiger partial charge is 0.335 e. The number of benzene rings is 1. The first-order chi connectivity index (χ1) is 8.83. The van der Waals surface area contributed by atoms with Crippen molar-refractivity contribution in [2.45, 2.75) is 20.3 Å². The Labute approximate surface area is 112 Å². The Bertz CT molecular complexity index is 541. The lowest BCUT2D eigenvalue weighted by Gasteiger charge is -2.23. The summed E-state index contributed by atoms with van der Waals surface area (Å²) in [4.78, 5) is 24.5. The third kappa shape index (κ3) is 2.41. The maximum absolute atomic E-state index is 11.4. The zero-order valence-electron chi connectivity index (χ0n) is 11.1. The van der Waals surface area contributed by atoms with Crippen LogP contribution in [-0.4, -0.2) is 30.1 Å². The van der Waals surface area contributed by atoms with E-state index in [0.29, 0.717) is 12.1 Å². The molecule has 1 fully saturated rings. The first-order valence-electron chi connectivity index (χ1n) is 6.22. The zero-order valence-corrected chi connectivity index (χ0v) is 11.1. The van der Waals surface area contributed by atoms with E-state index in [9.17, 15) is 9.59 Å². The molecule has 2 rings (SSSR count). The van der Waals surface area contributed by atoms with Crippen molar-refractivity contribution in [3.63, 3.8) is 0 Å². The van der Waals surface area contributed by atoms with Gasteiger partial charge in [0.05, 0.1) is 11.0 Å². The molecule has 19 heavy (non-hydrogen) atoms. The number of aromatic carboxylic acids is 1. The number of rotatable bonds is 3. The van der Waals surface area contributed by atoms with Crippen molar-refractivity contribution in [3.05, 3.63) is 29.3 Å². The van der Waals surface area contributed by atoms with Crippen molar-refractivity contribution in [3.8, 4) is 0 Å². The van der Waals surface area contributed by atoms with E-state index < -0.39 is 11.4 Å². The largest absolute Gasteiger partial charge is 0.478 e. The van der Waals surface area contributed by atoms with E-state index in [0.717, 1.165) is 24.2 Å². The number of hydrogen-bond donors (Lipinski definition) is 2. The molecular formula is C14H18N2O3. The molecule has 0 bridgehead atoms. The van der Waals surface area contributed by atoms with E-state index >= 15 is 0 Å². The monoisotopic (exact) mass is 262 g/mol. The van der Waals surface area contributed by atoms with Crippen LogP contribution in [0.3, 0.4) is 0 Å². The van der Waals surface area contributed by atoms with Crippen LogP contribution in [-0.2, 0) is 4.79 Å². The predicted octanol–water partition coefficient (Wildman–Crippen LogP) is 1.39. The molecule has 1 atom stereocenters. The number of carbonyl (C=O) groups excluding carboxylic acids is 1. The van der Waals surface area contributed by atoms with Gasteiger partial charge in [-0.2, -0.15) is 0 Å². The summed E-state index contributed by atoms with van der Waals surface area (Å²) in [6, 6.07) is 5.23. The van der Waals surface area contributed by atoms with Crippen molar-refractivity contribution in [2.75, 3.05) is 18.0 Å². The first-order valence-corrected chi connectivity index (χ1v) is 6.22. The Kier molecular flexibility index (Phi) is 3.22. The van der Waals surface area contributed by atoms with Crippen molar-refractivity contribution in [2.24, 2.45) is 11.1 Å². The van der Waals surface area contributed by atoms with Gasteiger partial charge in [0.2, 0.25) is 5.91 Å². The van der Waals surface area contributed by atoms with E-state index in [2.05, 4.69) is 4.90 Å². The fourth-order valence-corrected chi connectivity index (χ4v) is 2.47. The van der Waals surface area contributed by atoms with Crippen molar-refractivity contribution in [1.29, 1.82) is 0 Å². The lowest BCUT2D eigenvalue weighted by Crippen LogP contribution is -2.37. The normalized spacial score (nSPS) is 22.5. The lowest BCUT2D eigenvalue weighted by atomic mass is 9.89. The van der Waals surface area contributed by atoms with Crippen LogP contribution in [0.1, 0.15) is 29.3 Å². The minimum atomic E-state index is -0.924. The van der Waals surface area contributed by atoms with Crippen LogP contribution in [0.4, 0.5) is 5.69 Å². The third-order valence-corrected chi connectivity index (χ3v) is 3.87. The first kappa shape index (κ1) is 13.4. The van der Waals surface area contributed by atoms with E-state index in [1.165, 1.54) is 0 Å². The molecule has 5 nitrogen and oxygen atoms in total.